The van der Waals surface area contributed by atoms with Gasteiger partial charge in [0.2, 0.25) is 5.95 Å². The number of nitrogens with one attached hydrogen (secondary N) is 2. The van der Waals surface area contributed by atoms with E-state index in [1.54, 1.807) is 6.20 Å². The highest BCUT2D eigenvalue weighted by Crippen LogP contribution is 2.29. The maximum absolute atomic E-state index is 4.60. The third-order valence-electron chi connectivity index (χ3n) is 3.67. The lowest BCUT2D eigenvalue weighted by Crippen LogP contribution is -1.98. The fourth-order valence-corrected chi connectivity index (χ4v) is 2.53. The van der Waals surface area contributed by atoms with E-state index in [9.17, 15) is 0 Å². The molecule has 0 amide bonds. The maximum atomic E-state index is 4.60. The largest absolute Gasteiger partial charge is 0.324 e. The molecule has 2 aromatic carbocycles. The smallest absolute Gasteiger partial charge is 0.227 e. The monoisotopic (exact) mass is 313 g/mol. The number of benzene rings is 2. The highest BCUT2D eigenvalue weighted by molar-refractivity contribution is 5.78. The molecule has 4 aromatic rings. The van der Waals surface area contributed by atoms with Crippen LogP contribution in [-0.2, 0) is 0 Å². The van der Waals surface area contributed by atoms with Crippen LogP contribution in [0.1, 0.15) is 0 Å². The second-order valence-corrected chi connectivity index (χ2v) is 5.28. The fourth-order valence-electron chi connectivity index (χ4n) is 2.53. The molecule has 5 heteroatoms. The number of aromatic amines is 1. The number of rotatable bonds is 4. The Morgan fingerprint density at radius 3 is 2.38 bits per heavy atom. The van der Waals surface area contributed by atoms with Crippen molar-refractivity contribution in [2.75, 3.05) is 5.32 Å². The summed E-state index contributed by atoms with van der Waals surface area (Å²) in [4.78, 5) is 8.89. The summed E-state index contributed by atoms with van der Waals surface area (Å²) in [5.41, 5.74) is 4.72. The van der Waals surface area contributed by atoms with Crippen LogP contribution in [0.3, 0.4) is 0 Å². The average molecular weight is 313 g/mol. The molecule has 0 aliphatic carbocycles. The van der Waals surface area contributed by atoms with Crippen molar-refractivity contribution < 1.29 is 0 Å². The summed E-state index contributed by atoms with van der Waals surface area (Å²) in [5, 5.41) is 10.4. The summed E-state index contributed by atoms with van der Waals surface area (Å²) in [6.07, 6.45) is 3.56. The lowest BCUT2D eigenvalue weighted by molar-refractivity contribution is 1.08. The van der Waals surface area contributed by atoms with Crippen molar-refractivity contribution in [3.05, 3.63) is 79.1 Å². The molecule has 2 N–H and O–H groups in total. The van der Waals surface area contributed by atoms with Crippen molar-refractivity contribution in [1.29, 1.82) is 0 Å². The van der Waals surface area contributed by atoms with Gasteiger partial charge in [-0.25, -0.2) is 9.97 Å². The van der Waals surface area contributed by atoms with Gasteiger partial charge in [-0.2, -0.15) is 5.10 Å². The van der Waals surface area contributed by atoms with Gasteiger partial charge in [-0.3, -0.25) is 5.10 Å². The minimum atomic E-state index is 0.548. The number of anilines is 2. The molecule has 0 fully saturated rings. The Balaban J connectivity index is 1.69. The van der Waals surface area contributed by atoms with Crippen molar-refractivity contribution in [2.24, 2.45) is 0 Å². The van der Waals surface area contributed by atoms with Crippen molar-refractivity contribution in [1.82, 2.24) is 20.2 Å². The van der Waals surface area contributed by atoms with Crippen LogP contribution in [-0.4, -0.2) is 20.2 Å². The van der Waals surface area contributed by atoms with Gasteiger partial charge < -0.3 is 5.32 Å². The van der Waals surface area contributed by atoms with Crippen molar-refractivity contribution in [2.45, 2.75) is 0 Å². The predicted molar refractivity (Wildman–Crippen MR) is 94.8 cm³/mol. The molecular formula is C19H15N5. The molecule has 4 rings (SSSR count). The average Bonchev–Trinajstić information content (AvgIpc) is 3.13. The van der Waals surface area contributed by atoms with E-state index < -0.39 is 0 Å². The van der Waals surface area contributed by atoms with E-state index >= 15 is 0 Å². The van der Waals surface area contributed by atoms with Gasteiger partial charge in [-0.05, 0) is 23.8 Å². The first-order valence-electron chi connectivity index (χ1n) is 7.64. The first-order chi connectivity index (χ1) is 11.9. The number of H-pyrrole nitrogens is 1. The molecule has 0 bridgehead atoms. The second-order valence-electron chi connectivity index (χ2n) is 5.28. The quantitative estimate of drug-likeness (QED) is 0.590. The van der Waals surface area contributed by atoms with Crippen LogP contribution in [0.25, 0.3) is 22.5 Å². The van der Waals surface area contributed by atoms with Crippen LogP contribution in [0.5, 0.6) is 0 Å². The molecule has 0 aliphatic rings. The Morgan fingerprint density at radius 1 is 0.833 bits per heavy atom. The molecule has 24 heavy (non-hydrogen) atoms. The number of hydrogen-bond donors (Lipinski definition) is 2. The summed E-state index contributed by atoms with van der Waals surface area (Å²) in [6.45, 7) is 0. The molecule has 0 atom stereocenters. The van der Waals surface area contributed by atoms with Gasteiger partial charge in [0.1, 0.15) is 0 Å². The third-order valence-corrected chi connectivity index (χ3v) is 3.67. The maximum Gasteiger partial charge on any atom is 0.227 e. The van der Waals surface area contributed by atoms with Gasteiger partial charge in [0.25, 0.3) is 0 Å². The van der Waals surface area contributed by atoms with E-state index in [0.717, 1.165) is 28.2 Å². The van der Waals surface area contributed by atoms with Crippen LogP contribution >= 0.6 is 0 Å². The minimum absolute atomic E-state index is 0.548. The van der Waals surface area contributed by atoms with E-state index in [-0.39, 0.29) is 0 Å². The lowest BCUT2D eigenvalue weighted by Gasteiger charge is -2.07. The molecule has 0 saturated carbocycles. The van der Waals surface area contributed by atoms with Gasteiger partial charge in [-0.1, -0.05) is 48.5 Å². The van der Waals surface area contributed by atoms with Crippen LogP contribution < -0.4 is 5.32 Å². The van der Waals surface area contributed by atoms with Crippen molar-refractivity contribution in [3.63, 3.8) is 0 Å². The van der Waals surface area contributed by atoms with E-state index in [2.05, 4.69) is 37.6 Å². The van der Waals surface area contributed by atoms with E-state index in [0.29, 0.717) is 5.95 Å². The molecule has 0 unspecified atom stereocenters. The summed E-state index contributed by atoms with van der Waals surface area (Å²) in [6, 6.07) is 21.8. The Kier molecular flexibility index (Phi) is 3.73. The Bertz CT molecular complexity index is 932. The lowest BCUT2D eigenvalue weighted by atomic mass is 10.1. The summed E-state index contributed by atoms with van der Waals surface area (Å²) in [7, 11) is 0. The van der Waals surface area contributed by atoms with Gasteiger partial charge in [-0.15, -0.1) is 0 Å². The highest BCUT2D eigenvalue weighted by atomic mass is 15.1. The Hall–Kier alpha value is -3.47. The standard InChI is InChI=1S/C19H15N5/c1-3-7-14(8-4-1)16-13-21-24-18(16)17-11-12-20-19(23-17)22-15-9-5-2-6-10-15/h1-13H,(H,21,24)(H,20,22,23). The second kappa shape index (κ2) is 6.34. The summed E-state index contributed by atoms with van der Waals surface area (Å²) in [5.74, 6) is 0.548. The molecule has 0 aliphatic heterocycles. The fraction of sp³-hybridized carbons (Fsp3) is 0. The molecular weight excluding hydrogens is 298 g/mol. The Morgan fingerprint density at radius 2 is 1.58 bits per heavy atom. The topological polar surface area (TPSA) is 66.5 Å². The number of hydrogen-bond acceptors (Lipinski definition) is 4. The molecule has 5 nitrogen and oxygen atoms in total. The van der Waals surface area contributed by atoms with Gasteiger partial charge >= 0.3 is 0 Å². The predicted octanol–water partition coefficient (Wildman–Crippen LogP) is 4.28. The van der Waals surface area contributed by atoms with Crippen LogP contribution in [0.15, 0.2) is 79.1 Å². The summed E-state index contributed by atoms with van der Waals surface area (Å²) >= 11 is 0. The van der Waals surface area contributed by atoms with Gasteiger partial charge in [0.05, 0.1) is 17.6 Å². The molecule has 0 spiro atoms. The van der Waals surface area contributed by atoms with Crippen LogP contribution in [0, 0.1) is 0 Å². The zero-order chi connectivity index (χ0) is 16.2. The normalized spacial score (nSPS) is 10.5. The number of nitrogens with zero attached hydrogens (tertiary/aromatic N) is 3. The van der Waals surface area contributed by atoms with Crippen molar-refractivity contribution in [3.8, 4) is 22.5 Å². The SMILES string of the molecule is c1ccc(Nc2nccc(-c3[nH]ncc3-c3ccccc3)n2)cc1. The molecule has 116 valence electrons. The van der Waals surface area contributed by atoms with Crippen LogP contribution in [0.2, 0.25) is 0 Å². The minimum Gasteiger partial charge on any atom is -0.324 e. The molecule has 2 aromatic heterocycles. The zero-order valence-electron chi connectivity index (χ0n) is 12.8. The van der Waals surface area contributed by atoms with Gasteiger partial charge in [0.15, 0.2) is 0 Å². The molecule has 0 radical (unpaired) electrons. The van der Waals surface area contributed by atoms with E-state index in [4.69, 9.17) is 0 Å². The zero-order valence-corrected chi connectivity index (χ0v) is 12.8. The third kappa shape index (κ3) is 2.87. The molecule has 0 saturated heterocycles. The highest BCUT2D eigenvalue weighted by Gasteiger charge is 2.11. The number of para-hydroxylation sites is 1. The first-order valence-corrected chi connectivity index (χ1v) is 7.64. The van der Waals surface area contributed by atoms with E-state index in [1.807, 2.05) is 60.8 Å². The van der Waals surface area contributed by atoms with Crippen molar-refractivity contribution >= 4 is 11.6 Å². The summed E-state index contributed by atoms with van der Waals surface area (Å²) < 4.78 is 0. The van der Waals surface area contributed by atoms with E-state index in [1.165, 1.54) is 0 Å². The number of aromatic nitrogens is 4. The molecule has 2 heterocycles. The van der Waals surface area contributed by atoms with Crippen LogP contribution in [0.4, 0.5) is 11.6 Å². The first kappa shape index (κ1) is 14.1. The van der Waals surface area contributed by atoms with Gasteiger partial charge in [0, 0.05) is 17.4 Å². The Labute approximate surface area is 139 Å².